The summed E-state index contributed by atoms with van der Waals surface area (Å²) in [4.78, 5) is 14.1. The maximum absolute atomic E-state index is 4.69. The zero-order valence-corrected chi connectivity index (χ0v) is 16.7. The van der Waals surface area contributed by atoms with Gasteiger partial charge in [0.2, 0.25) is 0 Å². The second-order valence-electron chi connectivity index (χ2n) is 6.34. The molecule has 0 aromatic carbocycles. The fourth-order valence-electron chi connectivity index (χ4n) is 2.47. The van der Waals surface area contributed by atoms with Gasteiger partial charge >= 0.3 is 0 Å². The van der Waals surface area contributed by atoms with E-state index in [0.717, 1.165) is 30.4 Å². The van der Waals surface area contributed by atoms with E-state index in [4.69, 9.17) is 0 Å². The van der Waals surface area contributed by atoms with Crippen LogP contribution in [0.4, 0.5) is 5.82 Å². The Balaban J connectivity index is 1.98. The Labute approximate surface area is 155 Å². The van der Waals surface area contributed by atoms with E-state index in [-0.39, 0.29) is 0 Å². The van der Waals surface area contributed by atoms with Crippen LogP contribution in [0.15, 0.2) is 35.3 Å². The Kier molecular flexibility index (Phi) is 7.25. The number of guanidine groups is 1. The van der Waals surface area contributed by atoms with Gasteiger partial charge < -0.3 is 15.5 Å². The van der Waals surface area contributed by atoms with Gasteiger partial charge in [-0.1, -0.05) is 6.07 Å². The molecule has 0 aliphatic carbocycles. The molecule has 0 saturated carbocycles. The van der Waals surface area contributed by atoms with Crippen molar-refractivity contribution in [2.24, 2.45) is 4.99 Å². The van der Waals surface area contributed by atoms with Crippen molar-refractivity contribution < 1.29 is 0 Å². The molecule has 1 unspecified atom stereocenters. The maximum Gasteiger partial charge on any atom is 0.191 e. The Morgan fingerprint density at radius 3 is 2.72 bits per heavy atom. The van der Waals surface area contributed by atoms with Crippen LogP contribution in [-0.4, -0.2) is 37.6 Å². The van der Waals surface area contributed by atoms with Gasteiger partial charge in [0, 0.05) is 42.9 Å². The van der Waals surface area contributed by atoms with Crippen molar-refractivity contribution in [2.75, 3.05) is 25.5 Å². The van der Waals surface area contributed by atoms with E-state index in [9.17, 15) is 0 Å². The van der Waals surface area contributed by atoms with Crippen LogP contribution in [0.3, 0.4) is 0 Å². The average molecular weight is 360 g/mol. The summed E-state index contributed by atoms with van der Waals surface area (Å²) in [5, 5.41) is 6.81. The van der Waals surface area contributed by atoms with E-state index in [1.165, 1.54) is 9.75 Å². The Hall–Kier alpha value is -2.08. The van der Waals surface area contributed by atoms with Crippen molar-refractivity contribution in [1.82, 2.24) is 15.6 Å². The predicted molar refractivity (Wildman–Crippen MR) is 109 cm³/mol. The number of aryl methyl sites for hydroxylation is 1. The van der Waals surface area contributed by atoms with Crippen molar-refractivity contribution in [1.29, 1.82) is 0 Å². The molecule has 1 atom stereocenters. The average Bonchev–Trinajstić information content (AvgIpc) is 2.98. The van der Waals surface area contributed by atoms with Gasteiger partial charge in [-0.3, -0.25) is 0 Å². The lowest BCUT2D eigenvalue weighted by molar-refractivity contribution is 0.645. The normalized spacial score (nSPS) is 12.8. The smallest absolute Gasteiger partial charge is 0.191 e. The first kappa shape index (κ1) is 19.2. The van der Waals surface area contributed by atoms with Gasteiger partial charge in [-0.25, -0.2) is 9.98 Å². The van der Waals surface area contributed by atoms with Crippen LogP contribution < -0.4 is 15.5 Å². The van der Waals surface area contributed by atoms with Crippen LogP contribution in [0.1, 0.15) is 29.3 Å². The first-order chi connectivity index (χ1) is 12.0. The van der Waals surface area contributed by atoms with Gasteiger partial charge in [0.25, 0.3) is 0 Å². The van der Waals surface area contributed by atoms with E-state index in [0.29, 0.717) is 12.6 Å². The molecule has 0 aliphatic rings. The molecule has 25 heavy (non-hydrogen) atoms. The number of aliphatic imine (C=N–C) groups is 1. The van der Waals surface area contributed by atoms with Gasteiger partial charge in [0.1, 0.15) is 5.82 Å². The highest BCUT2D eigenvalue weighted by molar-refractivity contribution is 7.11. The maximum atomic E-state index is 4.69. The third kappa shape index (κ3) is 6.38. The highest BCUT2D eigenvalue weighted by Crippen LogP contribution is 2.16. The fraction of sp³-hybridized carbons (Fsp3) is 0.474. The van der Waals surface area contributed by atoms with Crippen molar-refractivity contribution in [2.45, 2.75) is 39.8 Å². The van der Waals surface area contributed by atoms with Gasteiger partial charge in [-0.05, 0) is 45.0 Å². The van der Waals surface area contributed by atoms with Crippen molar-refractivity contribution >= 4 is 23.1 Å². The number of pyridine rings is 1. The molecule has 5 nitrogen and oxygen atoms in total. The minimum Gasteiger partial charge on any atom is -0.363 e. The lowest BCUT2D eigenvalue weighted by atomic mass is 10.2. The third-order valence-corrected chi connectivity index (χ3v) is 4.70. The van der Waals surface area contributed by atoms with Gasteiger partial charge in [0.05, 0.1) is 12.2 Å². The van der Waals surface area contributed by atoms with E-state index in [1.807, 2.05) is 48.5 Å². The van der Waals surface area contributed by atoms with Crippen molar-refractivity contribution in [3.63, 3.8) is 0 Å². The zero-order valence-electron chi connectivity index (χ0n) is 15.8. The molecule has 0 radical (unpaired) electrons. The second kappa shape index (κ2) is 9.42. The molecule has 0 fully saturated rings. The van der Waals surface area contributed by atoms with Crippen LogP contribution in [0, 0.1) is 6.92 Å². The molecule has 136 valence electrons. The van der Waals surface area contributed by atoms with Crippen LogP contribution in [0.25, 0.3) is 0 Å². The molecule has 0 bridgehead atoms. The van der Waals surface area contributed by atoms with Crippen molar-refractivity contribution in [3.8, 4) is 0 Å². The lowest BCUT2D eigenvalue weighted by Crippen LogP contribution is -2.43. The molecule has 2 heterocycles. The summed E-state index contributed by atoms with van der Waals surface area (Å²) in [7, 11) is 3.99. The molecule has 0 amide bonds. The second-order valence-corrected chi connectivity index (χ2v) is 7.71. The number of hydrogen-bond donors (Lipinski definition) is 2. The van der Waals surface area contributed by atoms with E-state index < -0.39 is 0 Å². The Morgan fingerprint density at radius 2 is 2.08 bits per heavy atom. The van der Waals surface area contributed by atoms with E-state index in [1.54, 1.807) is 0 Å². The molecule has 2 aromatic heterocycles. The molecule has 2 N–H and O–H groups in total. The first-order valence-electron chi connectivity index (χ1n) is 8.71. The largest absolute Gasteiger partial charge is 0.363 e. The summed E-state index contributed by atoms with van der Waals surface area (Å²) in [6.45, 7) is 7.80. The topological polar surface area (TPSA) is 52.6 Å². The fourth-order valence-corrected chi connectivity index (χ4v) is 3.48. The lowest BCUT2D eigenvalue weighted by Gasteiger charge is -2.17. The number of hydrogen-bond acceptors (Lipinski definition) is 4. The minimum absolute atomic E-state index is 0.317. The minimum atomic E-state index is 0.317. The number of anilines is 1. The monoisotopic (exact) mass is 359 g/mol. The van der Waals surface area contributed by atoms with E-state index >= 15 is 0 Å². The van der Waals surface area contributed by atoms with Crippen LogP contribution in [0.5, 0.6) is 0 Å². The zero-order chi connectivity index (χ0) is 18.2. The molecule has 0 aliphatic heterocycles. The summed E-state index contributed by atoms with van der Waals surface area (Å²) >= 11 is 1.86. The molecule has 2 aromatic rings. The standard InChI is InChI=1S/C19H29N5S/c1-6-20-19(22-14(2)12-17-11-10-15(3)25-17)21-13-16-8-7-9-18(23-16)24(4)5/h7-11,14H,6,12-13H2,1-5H3,(H2,20,21,22). The summed E-state index contributed by atoms with van der Waals surface area (Å²) < 4.78 is 0. The van der Waals surface area contributed by atoms with Gasteiger partial charge in [-0.2, -0.15) is 0 Å². The highest BCUT2D eigenvalue weighted by Gasteiger charge is 2.08. The predicted octanol–water partition coefficient (Wildman–Crippen LogP) is 3.20. The number of rotatable bonds is 7. The molecule has 6 heteroatoms. The van der Waals surface area contributed by atoms with Crippen LogP contribution in [-0.2, 0) is 13.0 Å². The van der Waals surface area contributed by atoms with Gasteiger partial charge in [0.15, 0.2) is 5.96 Å². The SMILES string of the molecule is CCNC(=NCc1cccc(N(C)C)n1)NC(C)Cc1ccc(C)s1. The summed E-state index contributed by atoms with van der Waals surface area (Å²) in [5.41, 5.74) is 0.963. The molecule has 2 rings (SSSR count). The molecule has 0 saturated heterocycles. The number of thiophene rings is 1. The molecular weight excluding hydrogens is 330 g/mol. The summed E-state index contributed by atoms with van der Waals surface area (Å²) in [6.07, 6.45) is 0.997. The van der Waals surface area contributed by atoms with Crippen LogP contribution >= 0.6 is 11.3 Å². The van der Waals surface area contributed by atoms with E-state index in [2.05, 4.69) is 53.5 Å². The van der Waals surface area contributed by atoms with Crippen LogP contribution in [0.2, 0.25) is 0 Å². The summed E-state index contributed by atoms with van der Waals surface area (Å²) in [5.74, 6) is 1.78. The Morgan fingerprint density at radius 1 is 1.28 bits per heavy atom. The quantitative estimate of drug-likeness (QED) is 0.589. The third-order valence-electron chi connectivity index (χ3n) is 3.68. The first-order valence-corrected chi connectivity index (χ1v) is 9.53. The Bertz CT molecular complexity index is 693. The number of aromatic nitrogens is 1. The number of nitrogens with zero attached hydrogens (tertiary/aromatic N) is 3. The highest BCUT2D eigenvalue weighted by atomic mass is 32.1. The van der Waals surface area contributed by atoms with Crippen molar-refractivity contribution in [3.05, 3.63) is 45.8 Å². The van der Waals surface area contributed by atoms with Gasteiger partial charge in [-0.15, -0.1) is 11.3 Å². The molecular formula is C19H29N5S. The molecule has 0 spiro atoms. The number of nitrogens with one attached hydrogen (secondary N) is 2. The summed E-state index contributed by atoms with van der Waals surface area (Å²) in [6, 6.07) is 10.7.